The highest BCUT2D eigenvalue weighted by atomic mass is 79.9. The van der Waals surface area contributed by atoms with Crippen molar-refractivity contribution < 1.29 is 19.0 Å². The first kappa shape index (κ1) is 19.4. The SMILES string of the molecule is O=C(Cn1c(COc2ccc(Br)cc2)nc2ccccc21)Nc1ccc2c(c1)OCO2. The summed E-state index contributed by atoms with van der Waals surface area (Å²) in [5, 5.41) is 2.91. The predicted molar refractivity (Wildman–Crippen MR) is 119 cm³/mol. The van der Waals surface area contributed by atoms with Gasteiger partial charge in [0.15, 0.2) is 11.5 Å². The number of para-hydroxylation sites is 2. The van der Waals surface area contributed by atoms with Gasteiger partial charge >= 0.3 is 0 Å². The number of nitrogens with zero attached hydrogens (tertiary/aromatic N) is 2. The molecule has 0 fully saturated rings. The summed E-state index contributed by atoms with van der Waals surface area (Å²) in [4.78, 5) is 17.5. The fourth-order valence-corrected chi connectivity index (χ4v) is 3.67. The summed E-state index contributed by atoms with van der Waals surface area (Å²) < 4.78 is 19.4. The Balaban J connectivity index is 1.35. The number of rotatable bonds is 6. The number of amides is 1. The molecule has 0 spiro atoms. The number of nitrogens with one attached hydrogen (secondary N) is 1. The second kappa shape index (κ2) is 8.31. The molecule has 1 aromatic heterocycles. The summed E-state index contributed by atoms with van der Waals surface area (Å²) >= 11 is 3.42. The molecule has 1 aliphatic heterocycles. The molecule has 7 nitrogen and oxygen atoms in total. The zero-order chi connectivity index (χ0) is 21.2. The molecule has 2 heterocycles. The van der Waals surface area contributed by atoms with E-state index in [0.29, 0.717) is 23.0 Å². The third-order valence-corrected chi connectivity index (χ3v) is 5.40. The molecule has 5 rings (SSSR count). The van der Waals surface area contributed by atoms with E-state index in [9.17, 15) is 4.79 Å². The molecule has 1 N–H and O–H groups in total. The summed E-state index contributed by atoms with van der Waals surface area (Å²) in [6.07, 6.45) is 0. The molecule has 8 heteroatoms. The lowest BCUT2D eigenvalue weighted by Crippen LogP contribution is -2.20. The van der Waals surface area contributed by atoms with Gasteiger partial charge in [-0.25, -0.2) is 4.98 Å². The van der Waals surface area contributed by atoms with Crippen LogP contribution in [0.5, 0.6) is 17.2 Å². The summed E-state index contributed by atoms with van der Waals surface area (Å²) in [5.41, 5.74) is 2.33. The zero-order valence-electron chi connectivity index (χ0n) is 16.4. The second-order valence-corrected chi connectivity index (χ2v) is 7.88. The lowest BCUT2D eigenvalue weighted by Gasteiger charge is -2.11. The molecular formula is C23H18BrN3O4. The van der Waals surface area contributed by atoms with E-state index < -0.39 is 0 Å². The lowest BCUT2D eigenvalue weighted by molar-refractivity contribution is -0.116. The molecule has 1 aliphatic rings. The van der Waals surface area contributed by atoms with Crippen molar-refractivity contribution in [3.05, 3.63) is 77.0 Å². The summed E-state index contributed by atoms with van der Waals surface area (Å²) in [5.74, 6) is 2.52. The molecule has 156 valence electrons. The van der Waals surface area contributed by atoms with Gasteiger partial charge in [-0.2, -0.15) is 0 Å². The number of halogens is 1. The number of carbonyl (C=O) groups excluding carboxylic acids is 1. The van der Waals surface area contributed by atoms with Crippen LogP contribution in [0.2, 0.25) is 0 Å². The molecule has 0 radical (unpaired) electrons. The molecule has 1 amide bonds. The highest BCUT2D eigenvalue weighted by Gasteiger charge is 2.17. The number of fused-ring (bicyclic) bond motifs is 2. The lowest BCUT2D eigenvalue weighted by atomic mass is 10.2. The summed E-state index contributed by atoms with van der Waals surface area (Å²) in [7, 11) is 0. The van der Waals surface area contributed by atoms with Crippen LogP contribution >= 0.6 is 15.9 Å². The van der Waals surface area contributed by atoms with Gasteiger partial charge in [-0.05, 0) is 48.5 Å². The van der Waals surface area contributed by atoms with E-state index in [2.05, 4.69) is 26.2 Å². The largest absolute Gasteiger partial charge is 0.486 e. The first-order chi connectivity index (χ1) is 15.2. The van der Waals surface area contributed by atoms with E-state index >= 15 is 0 Å². The zero-order valence-corrected chi connectivity index (χ0v) is 18.0. The Kier molecular flexibility index (Phi) is 5.21. The van der Waals surface area contributed by atoms with Crippen molar-refractivity contribution in [2.24, 2.45) is 0 Å². The first-order valence-electron chi connectivity index (χ1n) is 9.68. The topological polar surface area (TPSA) is 74.6 Å². The number of imidazole rings is 1. The van der Waals surface area contributed by atoms with Crippen LogP contribution in [0.15, 0.2) is 71.2 Å². The Morgan fingerprint density at radius 1 is 1.06 bits per heavy atom. The summed E-state index contributed by atoms with van der Waals surface area (Å²) in [6, 6.07) is 20.6. The van der Waals surface area contributed by atoms with E-state index in [4.69, 9.17) is 14.2 Å². The van der Waals surface area contributed by atoms with Gasteiger partial charge in [-0.1, -0.05) is 28.1 Å². The highest BCUT2D eigenvalue weighted by Crippen LogP contribution is 2.34. The monoisotopic (exact) mass is 479 g/mol. The molecule has 0 unspecified atom stereocenters. The van der Waals surface area contributed by atoms with Gasteiger partial charge < -0.3 is 24.1 Å². The fourth-order valence-electron chi connectivity index (χ4n) is 3.41. The van der Waals surface area contributed by atoms with Crippen LogP contribution in [0.4, 0.5) is 5.69 Å². The minimum absolute atomic E-state index is 0.105. The molecule has 0 aliphatic carbocycles. The molecular weight excluding hydrogens is 462 g/mol. The first-order valence-corrected chi connectivity index (χ1v) is 10.5. The third-order valence-electron chi connectivity index (χ3n) is 4.87. The maximum absolute atomic E-state index is 12.8. The van der Waals surface area contributed by atoms with Crippen molar-refractivity contribution >= 4 is 38.6 Å². The average molecular weight is 480 g/mol. The molecule has 4 aromatic rings. The van der Waals surface area contributed by atoms with Crippen LogP contribution < -0.4 is 19.5 Å². The number of hydrogen-bond donors (Lipinski definition) is 1. The maximum Gasteiger partial charge on any atom is 0.244 e. The van der Waals surface area contributed by atoms with Gasteiger partial charge in [-0.15, -0.1) is 0 Å². The molecule has 0 saturated heterocycles. The van der Waals surface area contributed by atoms with Crippen LogP contribution in [0, 0.1) is 0 Å². The van der Waals surface area contributed by atoms with Crippen molar-refractivity contribution in [2.75, 3.05) is 12.1 Å². The van der Waals surface area contributed by atoms with Gasteiger partial charge in [-0.3, -0.25) is 4.79 Å². The number of ether oxygens (including phenoxy) is 3. The average Bonchev–Trinajstić information content (AvgIpc) is 3.38. The van der Waals surface area contributed by atoms with E-state index in [1.54, 1.807) is 18.2 Å². The van der Waals surface area contributed by atoms with E-state index in [1.165, 1.54) is 0 Å². The number of benzene rings is 3. The third kappa shape index (κ3) is 4.20. The smallest absolute Gasteiger partial charge is 0.244 e. The van der Waals surface area contributed by atoms with Crippen molar-refractivity contribution in [3.8, 4) is 17.2 Å². The van der Waals surface area contributed by atoms with Crippen LogP contribution in [0.1, 0.15) is 5.82 Å². The Labute approximate surface area is 186 Å². The number of aromatic nitrogens is 2. The molecule has 0 saturated carbocycles. The fraction of sp³-hybridized carbons (Fsp3) is 0.130. The number of anilines is 1. The van der Waals surface area contributed by atoms with Crippen LogP contribution in [0.3, 0.4) is 0 Å². The van der Waals surface area contributed by atoms with Crippen LogP contribution in [-0.2, 0) is 17.9 Å². The van der Waals surface area contributed by atoms with E-state index in [1.807, 2.05) is 53.1 Å². The van der Waals surface area contributed by atoms with Crippen molar-refractivity contribution in [3.63, 3.8) is 0 Å². The highest BCUT2D eigenvalue weighted by molar-refractivity contribution is 9.10. The van der Waals surface area contributed by atoms with Gasteiger partial charge in [0.1, 0.15) is 24.7 Å². The number of carbonyl (C=O) groups is 1. The van der Waals surface area contributed by atoms with Crippen molar-refractivity contribution in [1.82, 2.24) is 9.55 Å². The quantitative estimate of drug-likeness (QED) is 0.432. The van der Waals surface area contributed by atoms with Gasteiger partial charge in [0.05, 0.1) is 11.0 Å². The van der Waals surface area contributed by atoms with Gasteiger partial charge in [0.25, 0.3) is 0 Å². The molecule has 0 atom stereocenters. The Hall–Kier alpha value is -3.52. The molecule has 3 aromatic carbocycles. The summed E-state index contributed by atoms with van der Waals surface area (Å²) in [6.45, 7) is 0.539. The second-order valence-electron chi connectivity index (χ2n) is 6.96. The van der Waals surface area contributed by atoms with Gasteiger partial charge in [0.2, 0.25) is 12.7 Å². The number of hydrogen-bond acceptors (Lipinski definition) is 5. The Morgan fingerprint density at radius 3 is 2.74 bits per heavy atom. The normalized spacial score (nSPS) is 12.2. The van der Waals surface area contributed by atoms with Crippen molar-refractivity contribution in [1.29, 1.82) is 0 Å². The minimum Gasteiger partial charge on any atom is -0.486 e. The Morgan fingerprint density at radius 2 is 1.87 bits per heavy atom. The molecule has 0 bridgehead atoms. The van der Waals surface area contributed by atoms with Crippen molar-refractivity contribution in [2.45, 2.75) is 13.2 Å². The molecule has 31 heavy (non-hydrogen) atoms. The van der Waals surface area contributed by atoms with E-state index in [0.717, 1.165) is 21.3 Å². The predicted octanol–water partition coefficient (Wildman–Crippen LogP) is 4.75. The van der Waals surface area contributed by atoms with Gasteiger partial charge in [0, 0.05) is 16.2 Å². The van der Waals surface area contributed by atoms with E-state index in [-0.39, 0.29) is 25.9 Å². The van der Waals surface area contributed by atoms with Crippen LogP contribution in [-0.4, -0.2) is 22.3 Å². The Bertz CT molecular complexity index is 1250. The standard InChI is InChI=1S/C23H18BrN3O4/c24-15-5-8-17(9-6-15)29-13-22-26-18-3-1-2-4-19(18)27(22)12-23(28)25-16-7-10-20-21(11-16)31-14-30-20/h1-11H,12-14H2,(H,25,28). The van der Waals surface area contributed by atoms with Crippen LogP contribution in [0.25, 0.3) is 11.0 Å². The minimum atomic E-state index is -0.174. The maximum atomic E-state index is 12.8.